The number of rotatable bonds is 2. The smallest absolute Gasteiger partial charge is 0.404 e. The number of phosphoric ester groups is 1. The van der Waals surface area contributed by atoms with E-state index in [-0.39, 0.29) is 5.75 Å². The molecular formula is C12H13O4P. The van der Waals surface area contributed by atoms with Crippen molar-refractivity contribution in [2.75, 3.05) is 0 Å². The van der Waals surface area contributed by atoms with Crippen molar-refractivity contribution in [2.24, 2.45) is 0 Å². The van der Waals surface area contributed by atoms with Crippen molar-refractivity contribution < 1.29 is 18.9 Å². The largest absolute Gasteiger partial charge is 0.524 e. The quantitative estimate of drug-likeness (QED) is 0.806. The topological polar surface area (TPSA) is 66.8 Å². The van der Waals surface area contributed by atoms with E-state index >= 15 is 0 Å². The van der Waals surface area contributed by atoms with Crippen LogP contribution in [0, 0.1) is 0 Å². The molecule has 0 aromatic heterocycles. The van der Waals surface area contributed by atoms with Crippen LogP contribution in [-0.4, -0.2) is 9.79 Å². The predicted molar refractivity (Wildman–Crippen MR) is 65.6 cm³/mol. The maximum Gasteiger partial charge on any atom is 0.524 e. The highest BCUT2D eigenvalue weighted by Gasteiger charge is 2.14. The Morgan fingerprint density at radius 2 is 1.12 bits per heavy atom. The summed E-state index contributed by atoms with van der Waals surface area (Å²) in [6, 6.07) is 19.9. The number of hydrogen-bond acceptors (Lipinski definition) is 2. The molecule has 0 bridgehead atoms. The van der Waals surface area contributed by atoms with E-state index in [9.17, 15) is 4.57 Å². The zero-order chi connectivity index (χ0) is 12.6. The van der Waals surface area contributed by atoms with E-state index in [0.717, 1.165) is 0 Å². The molecule has 2 N–H and O–H groups in total. The van der Waals surface area contributed by atoms with Crippen LogP contribution in [0.1, 0.15) is 0 Å². The summed E-state index contributed by atoms with van der Waals surface area (Å²) in [5, 5.41) is 0. The molecule has 0 amide bonds. The summed E-state index contributed by atoms with van der Waals surface area (Å²) in [6.07, 6.45) is 0. The predicted octanol–water partition coefficient (Wildman–Crippen LogP) is 2.84. The van der Waals surface area contributed by atoms with E-state index in [1.807, 2.05) is 36.4 Å². The maximum atomic E-state index is 10.3. The summed E-state index contributed by atoms with van der Waals surface area (Å²) in [4.78, 5) is 16.7. The first-order valence-electron chi connectivity index (χ1n) is 4.88. The highest BCUT2D eigenvalue weighted by Crippen LogP contribution is 2.36. The minimum absolute atomic E-state index is 0.167. The molecule has 5 heteroatoms. The zero-order valence-corrected chi connectivity index (χ0v) is 9.90. The molecule has 2 rings (SSSR count). The van der Waals surface area contributed by atoms with Gasteiger partial charge in [0.05, 0.1) is 0 Å². The van der Waals surface area contributed by atoms with E-state index < -0.39 is 7.82 Å². The van der Waals surface area contributed by atoms with Gasteiger partial charge in [0.15, 0.2) is 0 Å². The van der Waals surface area contributed by atoms with Gasteiger partial charge in [0.1, 0.15) is 5.75 Å². The average Bonchev–Trinajstić information content (AvgIpc) is 2.31. The van der Waals surface area contributed by atoms with E-state index in [1.54, 1.807) is 18.2 Å². The first-order valence-corrected chi connectivity index (χ1v) is 6.41. The highest BCUT2D eigenvalue weighted by molar-refractivity contribution is 7.46. The molecule has 0 heterocycles. The Morgan fingerprint density at radius 3 is 1.47 bits per heavy atom. The standard InChI is InChI=1S/C6H7O4P.C6H6/c7-11(8,9)10-6-4-2-1-3-5-6;1-2-4-6-5-3-1/h1-5H,(H2,7,8,9);1-6H. The van der Waals surface area contributed by atoms with Crippen LogP contribution in [0.5, 0.6) is 5.75 Å². The van der Waals surface area contributed by atoms with Gasteiger partial charge in [0.2, 0.25) is 0 Å². The molecule has 0 fully saturated rings. The van der Waals surface area contributed by atoms with Gasteiger partial charge in [-0.1, -0.05) is 54.6 Å². The van der Waals surface area contributed by atoms with Gasteiger partial charge >= 0.3 is 7.82 Å². The third-order valence-electron chi connectivity index (χ3n) is 1.63. The van der Waals surface area contributed by atoms with Gasteiger partial charge in [-0.2, -0.15) is 0 Å². The summed E-state index contributed by atoms with van der Waals surface area (Å²) >= 11 is 0. The molecule has 0 spiro atoms. The molecule has 0 saturated carbocycles. The fourth-order valence-corrected chi connectivity index (χ4v) is 1.40. The van der Waals surface area contributed by atoms with Crippen molar-refractivity contribution in [2.45, 2.75) is 0 Å². The van der Waals surface area contributed by atoms with E-state index in [0.29, 0.717) is 0 Å². The van der Waals surface area contributed by atoms with E-state index in [1.165, 1.54) is 12.1 Å². The van der Waals surface area contributed by atoms with Gasteiger partial charge in [-0.05, 0) is 12.1 Å². The van der Waals surface area contributed by atoms with Gasteiger partial charge in [0.25, 0.3) is 0 Å². The molecule has 2 aromatic carbocycles. The summed E-state index contributed by atoms with van der Waals surface area (Å²) in [5.41, 5.74) is 0. The van der Waals surface area contributed by atoms with Gasteiger partial charge in [-0.3, -0.25) is 9.79 Å². The van der Waals surface area contributed by atoms with Crippen molar-refractivity contribution >= 4 is 7.82 Å². The zero-order valence-electron chi connectivity index (χ0n) is 9.01. The van der Waals surface area contributed by atoms with Crippen LogP contribution in [0.15, 0.2) is 66.7 Å². The Morgan fingerprint density at radius 1 is 0.765 bits per heavy atom. The molecule has 0 aliphatic carbocycles. The van der Waals surface area contributed by atoms with E-state index in [4.69, 9.17) is 9.79 Å². The highest BCUT2D eigenvalue weighted by atomic mass is 31.2. The number of hydrogen-bond donors (Lipinski definition) is 2. The lowest BCUT2D eigenvalue weighted by Crippen LogP contribution is -1.88. The number of phosphoric acid groups is 1. The first-order chi connectivity index (χ1) is 8.08. The van der Waals surface area contributed by atoms with Crippen molar-refractivity contribution in [3.8, 4) is 5.75 Å². The van der Waals surface area contributed by atoms with Crippen LogP contribution in [0.2, 0.25) is 0 Å². The normalized spacial score (nSPS) is 10.0. The molecule has 0 atom stereocenters. The van der Waals surface area contributed by atoms with Crippen molar-refractivity contribution in [1.29, 1.82) is 0 Å². The molecule has 4 nitrogen and oxygen atoms in total. The number of para-hydroxylation sites is 1. The Hall–Kier alpha value is -1.61. The fourth-order valence-electron chi connectivity index (χ4n) is 1.00. The lowest BCUT2D eigenvalue weighted by Gasteiger charge is -2.04. The van der Waals surface area contributed by atoms with Crippen molar-refractivity contribution in [1.82, 2.24) is 0 Å². The average molecular weight is 252 g/mol. The second kappa shape index (κ2) is 6.86. The summed E-state index contributed by atoms with van der Waals surface area (Å²) < 4.78 is 14.5. The van der Waals surface area contributed by atoms with Gasteiger partial charge in [-0.25, -0.2) is 4.57 Å². The van der Waals surface area contributed by atoms with E-state index in [2.05, 4.69) is 4.52 Å². The van der Waals surface area contributed by atoms with Crippen LogP contribution in [-0.2, 0) is 4.57 Å². The second-order valence-corrected chi connectivity index (χ2v) is 4.21. The Bertz CT molecular complexity index is 426. The van der Waals surface area contributed by atoms with Gasteiger partial charge in [-0.15, -0.1) is 0 Å². The third-order valence-corrected chi connectivity index (χ3v) is 2.08. The monoisotopic (exact) mass is 252 g/mol. The Kier molecular flexibility index (Phi) is 5.43. The Labute approximate surface area is 99.7 Å². The molecule has 0 unspecified atom stereocenters. The maximum absolute atomic E-state index is 10.3. The van der Waals surface area contributed by atoms with Gasteiger partial charge < -0.3 is 4.52 Å². The van der Waals surface area contributed by atoms with Crippen LogP contribution >= 0.6 is 7.82 Å². The lowest BCUT2D eigenvalue weighted by atomic mass is 10.3. The fraction of sp³-hybridized carbons (Fsp3) is 0. The molecule has 17 heavy (non-hydrogen) atoms. The van der Waals surface area contributed by atoms with Crippen LogP contribution in [0.25, 0.3) is 0 Å². The van der Waals surface area contributed by atoms with Crippen LogP contribution in [0.4, 0.5) is 0 Å². The molecule has 90 valence electrons. The van der Waals surface area contributed by atoms with Crippen molar-refractivity contribution in [3.05, 3.63) is 66.7 Å². The van der Waals surface area contributed by atoms with Gasteiger partial charge in [0, 0.05) is 0 Å². The molecule has 2 aromatic rings. The van der Waals surface area contributed by atoms with Crippen molar-refractivity contribution in [3.63, 3.8) is 0 Å². The first kappa shape index (κ1) is 13.5. The minimum Gasteiger partial charge on any atom is -0.404 e. The second-order valence-electron chi connectivity index (χ2n) is 3.05. The number of benzene rings is 2. The minimum atomic E-state index is -4.39. The molecule has 0 aliphatic rings. The summed E-state index contributed by atoms with van der Waals surface area (Å²) in [7, 11) is -4.39. The summed E-state index contributed by atoms with van der Waals surface area (Å²) in [5.74, 6) is 0.167. The SMILES string of the molecule is O=P(O)(O)Oc1ccccc1.c1ccccc1. The third kappa shape index (κ3) is 7.30. The van der Waals surface area contributed by atoms with Crippen LogP contribution in [0.3, 0.4) is 0 Å². The molecule has 0 saturated heterocycles. The molecular weight excluding hydrogens is 239 g/mol. The molecule has 0 aliphatic heterocycles. The lowest BCUT2D eigenvalue weighted by molar-refractivity contribution is 0.283. The molecule has 0 radical (unpaired) electrons. The Balaban J connectivity index is 0.000000202. The summed E-state index contributed by atoms with van der Waals surface area (Å²) in [6.45, 7) is 0. The van der Waals surface area contributed by atoms with Crippen LogP contribution < -0.4 is 4.52 Å².